The highest BCUT2D eigenvalue weighted by atomic mass is 35.5. The number of fused-ring (bicyclic) bond motifs is 1. The van der Waals surface area contributed by atoms with Crippen LogP contribution in [0.2, 0.25) is 5.02 Å². The number of H-pyrrole nitrogens is 1. The van der Waals surface area contributed by atoms with Crippen molar-refractivity contribution in [1.29, 1.82) is 0 Å². The zero-order valence-electron chi connectivity index (χ0n) is 19.4. The smallest absolute Gasteiger partial charge is 0.253 e. The van der Waals surface area contributed by atoms with Crippen LogP contribution in [0.1, 0.15) is 40.7 Å². The first-order valence-electron chi connectivity index (χ1n) is 12.0. The molecule has 5 rings (SSSR count). The number of benzene rings is 3. The van der Waals surface area contributed by atoms with Gasteiger partial charge in [0.15, 0.2) is 0 Å². The molecular formula is C29H28ClN3O2. The lowest BCUT2D eigenvalue weighted by Crippen LogP contribution is -2.52. The number of amides is 2. The van der Waals surface area contributed by atoms with Gasteiger partial charge in [-0.1, -0.05) is 78.7 Å². The molecule has 35 heavy (non-hydrogen) atoms. The van der Waals surface area contributed by atoms with E-state index in [1.54, 1.807) is 24.3 Å². The van der Waals surface area contributed by atoms with E-state index in [1.807, 2.05) is 48.7 Å². The highest BCUT2D eigenvalue weighted by molar-refractivity contribution is 6.33. The predicted molar refractivity (Wildman–Crippen MR) is 140 cm³/mol. The summed E-state index contributed by atoms with van der Waals surface area (Å²) < 4.78 is 0. The average molecular weight is 486 g/mol. The van der Waals surface area contributed by atoms with Gasteiger partial charge in [-0.25, -0.2) is 0 Å². The maximum absolute atomic E-state index is 13.5. The first kappa shape index (κ1) is 23.2. The molecule has 1 aliphatic rings. The fraction of sp³-hybridized carbons (Fsp3) is 0.241. The van der Waals surface area contributed by atoms with Gasteiger partial charge in [0.1, 0.15) is 6.04 Å². The molecule has 2 amide bonds. The van der Waals surface area contributed by atoms with Crippen molar-refractivity contribution in [3.8, 4) is 0 Å². The summed E-state index contributed by atoms with van der Waals surface area (Å²) in [5.41, 5.74) is 3.53. The van der Waals surface area contributed by atoms with Crippen LogP contribution in [0.25, 0.3) is 10.9 Å². The third kappa shape index (κ3) is 4.82. The van der Waals surface area contributed by atoms with E-state index >= 15 is 0 Å². The van der Waals surface area contributed by atoms with Crippen molar-refractivity contribution in [2.24, 2.45) is 0 Å². The summed E-state index contributed by atoms with van der Waals surface area (Å²) in [6, 6.07) is 24.4. The Balaban J connectivity index is 1.37. The minimum atomic E-state index is -0.745. The summed E-state index contributed by atoms with van der Waals surface area (Å²) in [7, 11) is 0. The molecule has 3 aromatic carbocycles. The molecule has 0 radical (unpaired) electrons. The topological polar surface area (TPSA) is 74.0 Å². The number of aromatic nitrogens is 1. The molecule has 0 spiro atoms. The van der Waals surface area contributed by atoms with Crippen LogP contribution in [0.4, 0.5) is 0 Å². The Bertz CT molecular complexity index is 1340. The molecule has 4 aromatic rings. The summed E-state index contributed by atoms with van der Waals surface area (Å²) in [6.45, 7) is 0.544. The van der Waals surface area contributed by atoms with Gasteiger partial charge >= 0.3 is 0 Å². The van der Waals surface area contributed by atoms with Crippen molar-refractivity contribution in [2.75, 3.05) is 6.54 Å². The number of carbonyl (C=O) groups excluding carboxylic acids is 2. The second-order valence-electron chi connectivity index (χ2n) is 9.29. The van der Waals surface area contributed by atoms with Gasteiger partial charge in [-0.05, 0) is 42.2 Å². The minimum absolute atomic E-state index is 0.0466. The molecule has 1 fully saturated rings. The van der Waals surface area contributed by atoms with Gasteiger partial charge in [-0.15, -0.1) is 0 Å². The monoisotopic (exact) mass is 485 g/mol. The molecule has 0 saturated heterocycles. The van der Waals surface area contributed by atoms with Gasteiger partial charge in [0, 0.05) is 35.5 Å². The SMILES string of the molecule is O=C(NC(Cc1c[nH]c2ccccc12)C(=O)NCC1(c2ccccc2)CCC1)c1ccccc1Cl. The van der Waals surface area contributed by atoms with Crippen LogP contribution in [0.15, 0.2) is 85.1 Å². The Morgan fingerprint density at radius 3 is 2.40 bits per heavy atom. The van der Waals surface area contributed by atoms with Crippen molar-refractivity contribution < 1.29 is 9.59 Å². The Hall–Kier alpha value is -3.57. The second kappa shape index (κ2) is 9.96. The summed E-state index contributed by atoms with van der Waals surface area (Å²) in [6.07, 6.45) is 5.49. The van der Waals surface area contributed by atoms with E-state index in [0.29, 0.717) is 23.6 Å². The number of hydrogen-bond donors (Lipinski definition) is 3. The molecular weight excluding hydrogens is 458 g/mol. The zero-order valence-corrected chi connectivity index (χ0v) is 20.1. The molecule has 1 aromatic heterocycles. The van der Waals surface area contributed by atoms with Gasteiger partial charge in [0.05, 0.1) is 10.6 Å². The lowest BCUT2D eigenvalue weighted by molar-refractivity contribution is -0.123. The molecule has 1 heterocycles. The first-order chi connectivity index (χ1) is 17.1. The normalized spacial score (nSPS) is 15.2. The quantitative estimate of drug-likeness (QED) is 0.312. The highest BCUT2D eigenvalue weighted by Crippen LogP contribution is 2.43. The van der Waals surface area contributed by atoms with Gasteiger partial charge < -0.3 is 15.6 Å². The third-order valence-electron chi connectivity index (χ3n) is 7.14. The van der Waals surface area contributed by atoms with E-state index in [-0.39, 0.29) is 17.2 Å². The van der Waals surface area contributed by atoms with Gasteiger partial charge in [-0.2, -0.15) is 0 Å². The van der Waals surface area contributed by atoms with E-state index in [9.17, 15) is 9.59 Å². The summed E-state index contributed by atoms with van der Waals surface area (Å²) in [5, 5.41) is 7.49. The Labute approximate surface area is 209 Å². The standard InChI is InChI=1S/C29H28ClN3O2/c30-24-13-6-4-12-23(24)27(34)33-26(17-20-18-31-25-14-7-5-11-22(20)25)28(35)32-19-29(15-8-16-29)21-9-2-1-3-10-21/h1-7,9-14,18,26,31H,8,15-17,19H2,(H,32,35)(H,33,34). The van der Waals surface area contributed by atoms with Crippen LogP contribution in [0.3, 0.4) is 0 Å². The molecule has 6 heteroatoms. The number of carbonyl (C=O) groups is 2. The van der Waals surface area contributed by atoms with E-state index in [4.69, 9.17) is 11.6 Å². The predicted octanol–water partition coefficient (Wildman–Crippen LogP) is 5.40. The van der Waals surface area contributed by atoms with E-state index in [2.05, 4.69) is 27.8 Å². The van der Waals surface area contributed by atoms with Crippen LogP contribution in [0.5, 0.6) is 0 Å². The van der Waals surface area contributed by atoms with Crippen LogP contribution in [-0.4, -0.2) is 29.4 Å². The summed E-state index contributed by atoms with van der Waals surface area (Å²) in [4.78, 5) is 29.8. The van der Waals surface area contributed by atoms with Crippen LogP contribution in [-0.2, 0) is 16.6 Å². The molecule has 1 saturated carbocycles. The van der Waals surface area contributed by atoms with Crippen LogP contribution >= 0.6 is 11.6 Å². The van der Waals surface area contributed by atoms with Crippen LogP contribution in [0, 0.1) is 0 Å². The third-order valence-corrected chi connectivity index (χ3v) is 7.47. The van der Waals surface area contributed by atoms with Crippen molar-refractivity contribution in [3.63, 3.8) is 0 Å². The number of nitrogens with one attached hydrogen (secondary N) is 3. The highest BCUT2D eigenvalue weighted by Gasteiger charge is 2.39. The van der Waals surface area contributed by atoms with Gasteiger partial charge in [0.2, 0.25) is 5.91 Å². The maximum atomic E-state index is 13.5. The average Bonchev–Trinajstić information content (AvgIpc) is 3.26. The van der Waals surface area contributed by atoms with E-state index in [1.165, 1.54) is 5.56 Å². The largest absolute Gasteiger partial charge is 0.361 e. The molecule has 5 nitrogen and oxygen atoms in total. The molecule has 1 atom stereocenters. The number of hydrogen-bond acceptors (Lipinski definition) is 2. The number of para-hydroxylation sites is 1. The molecule has 1 unspecified atom stereocenters. The molecule has 0 aliphatic heterocycles. The van der Waals surface area contributed by atoms with E-state index in [0.717, 1.165) is 35.7 Å². The summed E-state index contributed by atoms with van der Waals surface area (Å²) in [5.74, 6) is -0.560. The Morgan fingerprint density at radius 1 is 0.943 bits per heavy atom. The Morgan fingerprint density at radius 2 is 1.66 bits per heavy atom. The lowest BCUT2D eigenvalue weighted by Gasteiger charge is -2.43. The van der Waals surface area contributed by atoms with Crippen molar-refractivity contribution in [1.82, 2.24) is 15.6 Å². The van der Waals surface area contributed by atoms with Crippen molar-refractivity contribution >= 4 is 34.3 Å². The number of aromatic amines is 1. The minimum Gasteiger partial charge on any atom is -0.361 e. The molecule has 0 bridgehead atoms. The fourth-order valence-electron chi connectivity index (χ4n) is 4.95. The second-order valence-corrected chi connectivity index (χ2v) is 9.69. The van der Waals surface area contributed by atoms with Gasteiger partial charge in [-0.3, -0.25) is 9.59 Å². The molecule has 3 N–H and O–H groups in total. The van der Waals surface area contributed by atoms with Gasteiger partial charge in [0.25, 0.3) is 5.91 Å². The molecule has 178 valence electrons. The summed E-state index contributed by atoms with van der Waals surface area (Å²) >= 11 is 6.25. The van der Waals surface area contributed by atoms with Crippen molar-refractivity contribution in [3.05, 3.63) is 107 Å². The fourth-order valence-corrected chi connectivity index (χ4v) is 5.17. The molecule has 1 aliphatic carbocycles. The number of halogens is 1. The Kier molecular flexibility index (Phi) is 6.60. The van der Waals surface area contributed by atoms with Crippen LogP contribution < -0.4 is 10.6 Å². The first-order valence-corrected chi connectivity index (χ1v) is 12.4. The maximum Gasteiger partial charge on any atom is 0.253 e. The number of rotatable bonds is 8. The lowest BCUT2D eigenvalue weighted by atomic mass is 9.64. The van der Waals surface area contributed by atoms with Crippen molar-refractivity contribution in [2.45, 2.75) is 37.1 Å². The van der Waals surface area contributed by atoms with E-state index < -0.39 is 6.04 Å². The zero-order chi connectivity index (χ0) is 24.3.